The zero-order valence-corrected chi connectivity index (χ0v) is 10.0. The van der Waals surface area contributed by atoms with E-state index in [1.54, 1.807) is 24.3 Å². The summed E-state index contributed by atoms with van der Waals surface area (Å²) in [5.74, 6) is -0.144. The molecule has 1 atom stereocenters. The molecule has 0 saturated carbocycles. The lowest BCUT2D eigenvalue weighted by Gasteiger charge is -2.15. The molecular formula is C13H19NO3. The van der Waals surface area contributed by atoms with Gasteiger partial charge in [-0.1, -0.05) is 19.1 Å². The molecule has 4 nitrogen and oxygen atoms in total. The SMILES string of the molecule is CCC(CCO)NC(=O)c1ccc(CO)cc1. The Labute approximate surface area is 101 Å². The van der Waals surface area contributed by atoms with E-state index in [0.29, 0.717) is 12.0 Å². The number of aliphatic hydroxyl groups is 2. The van der Waals surface area contributed by atoms with E-state index in [4.69, 9.17) is 10.2 Å². The summed E-state index contributed by atoms with van der Waals surface area (Å²) in [7, 11) is 0. The number of aliphatic hydroxyl groups excluding tert-OH is 2. The maximum atomic E-state index is 11.8. The van der Waals surface area contributed by atoms with Crippen LogP contribution in [0.3, 0.4) is 0 Å². The van der Waals surface area contributed by atoms with E-state index in [9.17, 15) is 4.79 Å². The molecule has 1 amide bonds. The second-order valence-corrected chi connectivity index (χ2v) is 3.95. The molecule has 0 aromatic heterocycles. The average molecular weight is 237 g/mol. The zero-order valence-electron chi connectivity index (χ0n) is 10.0. The summed E-state index contributed by atoms with van der Waals surface area (Å²) in [6, 6.07) is 6.83. The minimum Gasteiger partial charge on any atom is -0.396 e. The van der Waals surface area contributed by atoms with Crippen LogP contribution in [0.5, 0.6) is 0 Å². The van der Waals surface area contributed by atoms with Gasteiger partial charge in [-0.2, -0.15) is 0 Å². The first-order valence-corrected chi connectivity index (χ1v) is 5.82. The van der Waals surface area contributed by atoms with Crippen LogP contribution >= 0.6 is 0 Å². The van der Waals surface area contributed by atoms with E-state index in [2.05, 4.69) is 5.32 Å². The van der Waals surface area contributed by atoms with Crippen molar-refractivity contribution in [2.75, 3.05) is 6.61 Å². The van der Waals surface area contributed by atoms with Crippen LogP contribution in [0.4, 0.5) is 0 Å². The molecule has 0 aliphatic heterocycles. The van der Waals surface area contributed by atoms with Crippen LogP contribution in [0, 0.1) is 0 Å². The molecule has 17 heavy (non-hydrogen) atoms. The number of carbonyl (C=O) groups is 1. The van der Waals surface area contributed by atoms with Crippen molar-refractivity contribution in [3.05, 3.63) is 35.4 Å². The van der Waals surface area contributed by atoms with Gasteiger partial charge in [0.05, 0.1) is 6.61 Å². The molecule has 0 heterocycles. The van der Waals surface area contributed by atoms with Gasteiger partial charge in [0.1, 0.15) is 0 Å². The number of hydrogen-bond acceptors (Lipinski definition) is 3. The van der Waals surface area contributed by atoms with Gasteiger partial charge in [0.15, 0.2) is 0 Å². The molecule has 1 unspecified atom stereocenters. The Balaban J connectivity index is 2.62. The van der Waals surface area contributed by atoms with Crippen molar-refractivity contribution < 1.29 is 15.0 Å². The van der Waals surface area contributed by atoms with Crippen LogP contribution in [0.2, 0.25) is 0 Å². The van der Waals surface area contributed by atoms with Crippen LogP contribution in [0.1, 0.15) is 35.7 Å². The van der Waals surface area contributed by atoms with Gasteiger partial charge in [0, 0.05) is 18.2 Å². The van der Waals surface area contributed by atoms with Gasteiger partial charge in [0.25, 0.3) is 5.91 Å². The number of nitrogens with one attached hydrogen (secondary N) is 1. The predicted molar refractivity (Wildman–Crippen MR) is 65.6 cm³/mol. The van der Waals surface area contributed by atoms with Crippen LogP contribution in [-0.4, -0.2) is 28.8 Å². The average Bonchev–Trinajstić information content (AvgIpc) is 2.38. The second kappa shape index (κ2) is 7.04. The highest BCUT2D eigenvalue weighted by Gasteiger charge is 2.11. The third-order valence-corrected chi connectivity index (χ3v) is 2.70. The number of carbonyl (C=O) groups excluding carboxylic acids is 1. The number of rotatable bonds is 6. The lowest BCUT2D eigenvalue weighted by atomic mass is 10.1. The van der Waals surface area contributed by atoms with Gasteiger partial charge < -0.3 is 15.5 Å². The minimum absolute atomic E-state index is 0.00465. The van der Waals surface area contributed by atoms with E-state index >= 15 is 0 Å². The van der Waals surface area contributed by atoms with Gasteiger partial charge in [-0.05, 0) is 30.5 Å². The van der Waals surface area contributed by atoms with Crippen LogP contribution in [0.15, 0.2) is 24.3 Å². The topological polar surface area (TPSA) is 69.6 Å². The molecule has 1 rings (SSSR count). The van der Waals surface area contributed by atoms with Crippen LogP contribution < -0.4 is 5.32 Å². The molecule has 1 aromatic rings. The van der Waals surface area contributed by atoms with Crippen molar-refractivity contribution in [3.8, 4) is 0 Å². The van der Waals surface area contributed by atoms with Gasteiger partial charge in [-0.15, -0.1) is 0 Å². The van der Waals surface area contributed by atoms with E-state index in [-0.39, 0.29) is 25.2 Å². The van der Waals surface area contributed by atoms with Crippen molar-refractivity contribution >= 4 is 5.91 Å². The molecule has 0 saturated heterocycles. The first-order chi connectivity index (χ1) is 8.21. The molecule has 4 heteroatoms. The van der Waals surface area contributed by atoms with Crippen LogP contribution in [-0.2, 0) is 6.61 Å². The van der Waals surface area contributed by atoms with Gasteiger partial charge in [-0.25, -0.2) is 0 Å². The lowest BCUT2D eigenvalue weighted by Crippen LogP contribution is -2.35. The molecular weight excluding hydrogens is 218 g/mol. The highest BCUT2D eigenvalue weighted by atomic mass is 16.3. The highest BCUT2D eigenvalue weighted by molar-refractivity contribution is 5.94. The monoisotopic (exact) mass is 237 g/mol. The Morgan fingerprint density at radius 2 is 1.94 bits per heavy atom. The molecule has 0 radical (unpaired) electrons. The molecule has 0 bridgehead atoms. The maximum absolute atomic E-state index is 11.8. The molecule has 1 aromatic carbocycles. The third kappa shape index (κ3) is 4.17. The van der Waals surface area contributed by atoms with Crippen molar-refractivity contribution in [2.24, 2.45) is 0 Å². The largest absolute Gasteiger partial charge is 0.396 e. The fraction of sp³-hybridized carbons (Fsp3) is 0.462. The Morgan fingerprint density at radius 3 is 2.41 bits per heavy atom. The minimum atomic E-state index is -0.144. The maximum Gasteiger partial charge on any atom is 0.251 e. The number of benzene rings is 1. The first-order valence-electron chi connectivity index (χ1n) is 5.82. The summed E-state index contributed by atoms with van der Waals surface area (Å²) in [6.07, 6.45) is 1.36. The highest BCUT2D eigenvalue weighted by Crippen LogP contribution is 2.06. The summed E-state index contributed by atoms with van der Waals surface area (Å²) < 4.78 is 0. The van der Waals surface area contributed by atoms with Crippen molar-refractivity contribution in [2.45, 2.75) is 32.4 Å². The normalized spacial score (nSPS) is 12.2. The van der Waals surface area contributed by atoms with Crippen molar-refractivity contribution in [1.29, 1.82) is 0 Å². The zero-order chi connectivity index (χ0) is 12.7. The Bertz CT molecular complexity index is 348. The summed E-state index contributed by atoms with van der Waals surface area (Å²) in [5.41, 5.74) is 1.35. The third-order valence-electron chi connectivity index (χ3n) is 2.70. The second-order valence-electron chi connectivity index (χ2n) is 3.95. The molecule has 3 N–H and O–H groups in total. The Morgan fingerprint density at radius 1 is 1.29 bits per heavy atom. The quantitative estimate of drug-likeness (QED) is 0.693. The van der Waals surface area contributed by atoms with Crippen LogP contribution in [0.25, 0.3) is 0 Å². The van der Waals surface area contributed by atoms with Gasteiger partial charge >= 0.3 is 0 Å². The fourth-order valence-corrected chi connectivity index (χ4v) is 1.56. The Hall–Kier alpha value is -1.39. The van der Waals surface area contributed by atoms with E-state index in [0.717, 1.165) is 12.0 Å². The lowest BCUT2D eigenvalue weighted by molar-refractivity contribution is 0.0929. The molecule has 0 aliphatic rings. The molecule has 94 valence electrons. The number of amides is 1. The Kier molecular flexibility index (Phi) is 5.66. The van der Waals surface area contributed by atoms with E-state index in [1.807, 2.05) is 6.92 Å². The van der Waals surface area contributed by atoms with E-state index in [1.165, 1.54) is 0 Å². The first kappa shape index (κ1) is 13.7. The molecule has 0 fully saturated rings. The predicted octanol–water partition coefficient (Wildman–Crippen LogP) is 1.07. The summed E-state index contributed by atoms with van der Waals surface area (Å²) in [6.45, 7) is 2.02. The summed E-state index contributed by atoms with van der Waals surface area (Å²) in [4.78, 5) is 11.8. The standard InChI is InChI=1S/C13H19NO3/c1-2-12(7-8-15)14-13(17)11-5-3-10(9-16)4-6-11/h3-6,12,15-16H,2,7-9H2,1H3,(H,14,17). The van der Waals surface area contributed by atoms with Gasteiger partial charge in [-0.3, -0.25) is 4.79 Å². The summed E-state index contributed by atoms with van der Waals surface area (Å²) >= 11 is 0. The fourth-order valence-electron chi connectivity index (χ4n) is 1.56. The number of hydrogen-bond donors (Lipinski definition) is 3. The van der Waals surface area contributed by atoms with E-state index < -0.39 is 0 Å². The van der Waals surface area contributed by atoms with Crippen molar-refractivity contribution in [3.63, 3.8) is 0 Å². The smallest absolute Gasteiger partial charge is 0.251 e. The summed E-state index contributed by atoms with van der Waals surface area (Å²) in [5, 5.41) is 20.6. The van der Waals surface area contributed by atoms with Crippen molar-refractivity contribution in [1.82, 2.24) is 5.32 Å². The molecule has 0 spiro atoms. The molecule has 0 aliphatic carbocycles. The van der Waals surface area contributed by atoms with Gasteiger partial charge in [0.2, 0.25) is 0 Å².